The molecule has 3 nitrogen and oxygen atoms in total. The lowest BCUT2D eigenvalue weighted by atomic mass is 9.70. The number of thiophene rings is 1. The molecule has 0 aromatic carbocycles. The molecule has 1 N–H and O–H groups in total. The normalized spacial score (nSPS) is 33.4. The maximum atomic E-state index is 11.5. The van der Waals surface area contributed by atoms with E-state index >= 15 is 0 Å². The van der Waals surface area contributed by atoms with Crippen molar-refractivity contribution in [2.24, 2.45) is 0 Å². The molecule has 0 bridgehead atoms. The lowest BCUT2D eigenvalue weighted by Crippen LogP contribution is -2.59. The van der Waals surface area contributed by atoms with Gasteiger partial charge in [-0.3, -0.25) is 0 Å². The average Bonchev–Trinajstić information content (AvgIpc) is 2.59. The first-order chi connectivity index (χ1) is 7.51. The Morgan fingerprint density at radius 1 is 1.50 bits per heavy atom. The molecule has 1 aliphatic heterocycles. The standard InChI is InChI=1S/C11H15NO2S2/c1-16(13,14)8-6-11(7-8)9-3-5-15-10(9)2-4-12-11/h3,5,8,12H,2,4,6-7H2,1H3. The Morgan fingerprint density at radius 2 is 2.25 bits per heavy atom. The first-order valence-electron chi connectivity index (χ1n) is 5.52. The Labute approximate surface area is 99.8 Å². The fraction of sp³-hybridized carbons (Fsp3) is 0.636. The molecule has 5 heteroatoms. The zero-order valence-corrected chi connectivity index (χ0v) is 10.8. The molecule has 2 aliphatic rings. The van der Waals surface area contributed by atoms with E-state index in [9.17, 15) is 8.42 Å². The van der Waals surface area contributed by atoms with Gasteiger partial charge in [-0.1, -0.05) is 0 Å². The van der Waals surface area contributed by atoms with Crippen LogP contribution in [0.2, 0.25) is 0 Å². The van der Waals surface area contributed by atoms with Crippen molar-refractivity contribution in [2.75, 3.05) is 12.8 Å². The minimum absolute atomic E-state index is 0.0265. The zero-order valence-electron chi connectivity index (χ0n) is 9.19. The highest BCUT2D eigenvalue weighted by molar-refractivity contribution is 7.91. The average molecular weight is 257 g/mol. The summed E-state index contributed by atoms with van der Waals surface area (Å²) in [7, 11) is -2.86. The SMILES string of the molecule is CS(=O)(=O)C1CC2(C1)NCCc1sccc12. The van der Waals surface area contributed by atoms with Gasteiger partial charge in [-0.15, -0.1) is 11.3 Å². The van der Waals surface area contributed by atoms with Crippen LogP contribution in [0.5, 0.6) is 0 Å². The van der Waals surface area contributed by atoms with Gasteiger partial charge in [0.1, 0.15) is 9.84 Å². The van der Waals surface area contributed by atoms with Crippen molar-refractivity contribution in [3.63, 3.8) is 0 Å². The van der Waals surface area contributed by atoms with E-state index in [-0.39, 0.29) is 10.8 Å². The molecule has 1 aromatic rings. The van der Waals surface area contributed by atoms with Crippen LogP contribution < -0.4 is 5.32 Å². The molecule has 88 valence electrons. The molecule has 16 heavy (non-hydrogen) atoms. The van der Waals surface area contributed by atoms with Gasteiger partial charge in [0.2, 0.25) is 0 Å². The van der Waals surface area contributed by atoms with Gasteiger partial charge in [-0.05, 0) is 36.3 Å². The zero-order chi connectivity index (χ0) is 11.4. The van der Waals surface area contributed by atoms with E-state index in [0.717, 1.165) is 25.8 Å². The molecule has 0 unspecified atom stereocenters. The first kappa shape index (κ1) is 10.7. The molecule has 1 fully saturated rings. The van der Waals surface area contributed by atoms with Gasteiger partial charge in [-0.25, -0.2) is 8.42 Å². The Morgan fingerprint density at radius 3 is 2.94 bits per heavy atom. The first-order valence-corrected chi connectivity index (χ1v) is 8.35. The Hall–Kier alpha value is -0.390. The van der Waals surface area contributed by atoms with Crippen molar-refractivity contribution in [1.82, 2.24) is 5.32 Å². The van der Waals surface area contributed by atoms with Crippen LogP contribution in [0.3, 0.4) is 0 Å². The summed E-state index contributed by atoms with van der Waals surface area (Å²) in [6, 6.07) is 2.16. The Kier molecular flexibility index (Phi) is 2.22. The number of sulfone groups is 1. The summed E-state index contributed by atoms with van der Waals surface area (Å²) in [5.41, 5.74) is 1.32. The number of nitrogens with one attached hydrogen (secondary N) is 1. The summed E-state index contributed by atoms with van der Waals surface area (Å²) < 4.78 is 22.9. The second kappa shape index (κ2) is 3.31. The monoisotopic (exact) mass is 257 g/mol. The molecule has 3 rings (SSSR count). The van der Waals surface area contributed by atoms with Crippen LogP contribution in [0, 0.1) is 0 Å². The van der Waals surface area contributed by atoms with E-state index in [1.165, 1.54) is 16.7 Å². The molecular formula is C11H15NO2S2. The maximum absolute atomic E-state index is 11.5. The van der Waals surface area contributed by atoms with Gasteiger partial charge in [-0.2, -0.15) is 0 Å². The molecule has 1 aromatic heterocycles. The number of hydrogen-bond acceptors (Lipinski definition) is 4. The van der Waals surface area contributed by atoms with Gasteiger partial charge in [0, 0.05) is 23.2 Å². The third-order valence-electron chi connectivity index (χ3n) is 3.83. The lowest BCUT2D eigenvalue weighted by Gasteiger charge is -2.50. The van der Waals surface area contributed by atoms with E-state index in [4.69, 9.17) is 0 Å². The molecule has 0 saturated heterocycles. The lowest BCUT2D eigenvalue weighted by molar-refractivity contribution is 0.181. The summed E-state index contributed by atoms with van der Waals surface area (Å²) >= 11 is 1.80. The van der Waals surface area contributed by atoms with Crippen LogP contribution in [-0.2, 0) is 21.8 Å². The van der Waals surface area contributed by atoms with Gasteiger partial charge in [0.25, 0.3) is 0 Å². The highest BCUT2D eigenvalue weighted by Crippen LogP contribution is 2.48. The smallest absolute Gasteiger partial charge is 0.150 e. The summed E-state index contributed by atoms with van der Waals surface area (Å²) in [6.45, 7) is 0.976. The van der Waals surface area contributed by atoms with Gasteiger partial charge in [0.05, 0.1) is 5.25 Å². The maximum Gasteiger partial charge on any atom is 0.150 e. The van der Waals surface area contributed by atoms with Gasteiger partial charge in [0.15, 0.2) is 0 Å². The predicted molar refractivity (Wildman–Crippen MR) is 65.6 cm³/mol. The van der Waals surface area contributed by atoms with E-state index in [0.29, 0.717) is 0 Å². The highest BCUT2D eigenvalue weighted by atomic mass is 32.2. The van der Waals surface area contributed by atoms with E-state index < -0.39 is 9.84 Å². The topological polar surface area (TPSA) is 46.2 Å². The van der Waals surface area contributed by atoms with Crippen LogP contribution >= 0.6 is 11.3 Å². The fourth-order valence-corrected chi connectivity index (χ4v) is 5.01. The molecule has 1 saturated carbocycles. The van der Waals surface area contributed by atoms with Gasteiger partial charge >= 0.3 is 0 Å². The van der Waals surface area contributed by atoms with Crippen LogP contribution in [0.4, 0.5) is 0 Å². The number of rotatable bonds is 1. The highest BCUT2D eigenvalue weighted by Gasteiger charge is 2.51. The number of fused-ring (bicyclic) bond motifs is 2. The van der Waals surface area contributed by atoms with Crippen molar-refractivity contribution in [3.05, 3.63) is 21.9 Å². The molecule has 2 heterocycles. The molecule has 0 amide bonds. The van der Waals surface area contributed by atoms with Crippen LogP contribution in [0.15, 0.2) is 11.4 Å². The van der Waals surface area contributed by atoms with Crippen molar-refractivity contribution in [1.29, 1.82) is 0 Å². The summed E-state index contributed by atoms with van der Waals surface area (Å²) in [5, 5.41) is 5.49. The molecule has 0 radical (unpaired) electrons. The van der Waals surface area contributed by atoms with Crippen molar-refractivity contribution in [3.8, 4) is 0 Å². The third-order valence-corrected chi connectivity index (χ3v) is 6.36. The minimum atomic E-state index is -2.86. The van der Waals surface area contributed by atoms with E-state index in [1.807, 2.05) is 0 Å². The number of hydrogen-bond donors (Lipinski definition) is 1. The summed E-state index contributed by atoms with van der Waals surface area (Å²) in [6.07, 6.45) is 3.92. The Bertz CT molecular complexity index is 512. The van der Waals surface area contributed by atoms with Crippen LogP contribution in [0.25, 0.3) is 0 Å². The van der Waals surface area contributed by atoms with Crippen molar-refractivity contribution >= 4 is 21.2 Å². The Balaban J connectivity index is 1.90. The van der Waals surface area contributed by atoms with E-state index in [2.05, 4.69) is 16.8 Å². The van der Waals surface area contributed by atoms with Crippen LogP contribution in [0.1, 0.15) is 23.3 Å². The molecule has 1 spiro atoms. The molecule has 1 aliphatic carbocycles. The van der Waals surface area contributed by atoms with Crippen molar-refractivity contribution in [2.45, 2.75) is 30.1 Å². The van der Waals surface area contributed by atoms with Gasteiger partial charge < -0.3 is 5.32 Å². The van der Waals surface area contributed by atoms with Crippen LogP contribution in [-0.4, -0.2) is 26.5 Å². The molecule has 0 atom stereocenters. The van der Waals surface area contributed by atoms with Crippen molar-refractivity contribution < 1.29 is 8.42 Å². The van der Waals surface area contributed by atoms with E-state index in [1.54, 1.807) is 11.3 Å². The second-order valence-electron chi connectivity index (χ2n) is 4.88. The minimum Gasteiger partial charge on any atom is -0.307 e. The largest absolute Gasteiger partial charge is 0.307 e. The predicted octanol–water partition coefficient (Wildman–Crippen LogP) is 1.30. The second-order valence-corrected chi connectivity index (χ2v) is 8.20. The summed E-state index contributed by atoms with van der Waals surface area (Å²) in [4.78, 5) is 1.44. The summed E-state index contributed by atoms with van der Waals surface area (Å²) in [5.74, 6) is 0. The quantitative estimate of drug-likeness (QED) is 0.825. The third kappa shape index (κ3) is 1.45. The molecular weight excluding hydrogens is 242 g/mol. The fourth-order valence-electron chi connectivity index (χ4n) is 2.86.